The molecule has 3 aromatic rings. The topological polar surface area (TPSA) is 105 Å². The van der Waals surface area contributed by atoms with Gasteiger partial charge in [-0.15, -0.1) is 6.42 Å². The zero-order chi connectivity index (χ0) is 34.5. The lowest BCUT2D eigenvalue weighted by molar-refractivity contribution is -0.139. The van der Waals surface area contributed by atoms with Gasteiger partial charge in [0.2, 0.25) is 5.91 Å². The van der Waals surface area contributed by atoms with E-state index in [2.05, 4.69) is 16.2 Å². The van der Waals surface area contributed by atoms with Crippen molar-refractivity contribution in [1.82, 2.24) is 19.8 Å². The molecule has 1 amide bonds. The van der Waals surface area contributed by atoms with E-state index in [4.69, 9.17) is 6.42 Å². The molecule has 0 spiro atoms. The molecule has 12 heteroatoms. The van der Waals surface area contributed by atoms with E-state index in [1.807, 2.05) is 0 Å². The van der Waals surface area contributed by atoms with Crippen LogP contribution in [0.5, 0.6) is 0 Å². The fourth-order valence-electron chi connectivity index (χ4n) is 5.34. The van der Waals surface area contributed by atoms with Gasteiger partial charge in [-0.1, -0.05) is 19.9 Å². The molecule has 2 aromatic heterocycles. The number of amides is 1. The van der Waals surface area contributed by atoms with Gasteiger partial charge >= 0.3 is 12.1 Å². The van der Waals surface area contributed by atoms with Crippen LogP contribution in [0, 0.1) is 37.9 Å². The number of hydrogen-bond donors (Lipinski definition) is 2. The van der Waals surface area contributed by atoms with Crippen LogP contribution in [0.15, 0.2) is 41.5 Å². The van der Waals surface area contributed by atoms with E-state index in [0.717, 1.165) is 10.8 Å². The number of benzene rings is 1. The molecule has 0 saturated carbocycles. The van der Waals surface area contributed by atoms with E-state index >= 15 is 0 Å². The zero-order valence-electron chi connectivity index (χ0n) is 26.6. The summed E-state index contributed by atoms with van der Waals surface area (Å²) in [6.45, 7) is 7.17. The second-order valence-corrected chi connectivity index (χ2v) is 12.0. The maximum atomic E-state index is 14.6. The Labute approximate surface area is 265 Å². The largest absolute Gasteiger partial charge is 0.481 e. The molecule has 8 nitrogen and oxygen atoms in total. The summed E-state index contributed by atoms with van der Waals surface area (Å²) < 4.78 is 57.2. The van der Waals surface area contributed by atoms with Gasteiger partial charge in [-0.3, -0.25) is 14.4 Å². The van der Waals surface area contributed by atoms with E-state index in [0.29, 0.717) is 28.3 Å². The Balaban J connectivity index is 2.14. The molecule has 246 valence electrons. The molecule has 3 rings (SSSR count). The van der Waals surface area contributed by atoms with Crippen molar-refractivity contribution in [3.8, 4) is 23.5 Å². The summed E-state index contributed by atoms with van der Waals surface area (Å²) in [7, 11) is 3.41. The van der Waals surface area contributed by atoms with Crippen molar-refractivity contribution in [2.45, 2.75) is 65.2 Å². The van der Waals surface area contributed by atoms with Crippen LogP contribution in [0.4, 0.5) is 17.6 Å². The number of rotatable bonds is 12. The maximum Gasteiger partial charge on any atom is 0.416 e. The lowest BCUT2D eigenvalue weighted by atomic mass is 9.91. The highest BCUT2D eigenvalue weighted by Gasteiger charge is 2.36. The van der Waals surface area contributed by atoms with Crippen LogP contribution in [0.1, 0.15) is 72.3 Å². The number of carbonyl (C=O) groups excluding carboxylic acids is 1. The molecule has 1 aromatic carbocycles. The number of carboxylic acids is 1. The summed E-state index contributed by atoms with van der Waals surface area (Å²) in [4.78, 5) is 45.0. The lowest BCUT2D eigenvalue weighted by Gasteiger charge is -2.26. The molecule has 0 fully saturated rings. The molecule has 0 aliphatic heterocycles. The molecule has 2 atom stereocenters. The molecule has 0 aliphatic rings. The van der Waals surface area contributed by atoms with Crippen molar-refractivity contribution in [1.29, 1.82) is 0 Å². The third-order valence-corrected chi connectivity index (χ3v) is 7.65. The van der Waals surface area contributed by atoms with Crippen LogP contribution < -0.4 is 10.9 Å². The van der Waals surface area contributed by atoms with Crippen LogP contribution in [-0.4, -0.2) is 52.1 Å². The first kappa shape index (κ1) is 36.0. The smallest absolute Gasteiger partial charge is 0.416 e. The van der Waals surface area contributed by atoms with Crippen LogP contribution in [0.2, 0.25) is 0 Å². The molecule has 0 saturated heterocycles. The summed E-state index contributed by atoms with van der Waals surface area (Å²) in [5.41, 5.74) is 0.0278. The Morgan fingerprint density at radius 2 is 1.85 bits per heavy atom. The first-order valence-corrected chi connectivity index (χ1v) is 14.7. The molecule has 0 bridgehead atoms. The van der Waals surface area contributed by atoms with E-state index in [1.54, 1.807) is 58.8 Å². The van der Waals surface area contributed by atoms with E-state index < -0.39 is 53.5 Å². The van der Waals surface area contributed by atoms with Gasteiger partial charge in [0.1, 0.15) is 17.6 Å². The van der Waals surface area contributed by atoms with Crippen molar-refractivity contribution in [2.24, 2.45) is 5.92 Å². The van der Waals surface area contributed by atoms with Crippen LogP contribution >= 0.6 is 0 Å². The summed E-state index contributed by atoms with van der Waals surface area (Å²) >= 11 is 0. The minimum Gasteiger partial charge on any atom is -0.481 e. The quantitative estimate of drug-likeness (QED) is 0.194. The molecule has 0 aliphatic carbocycles. The van der Waals surface area contributed by atoms with Gasteiger partial charge in [0.05, 0.1) is 18.0 Å². The van der Waals surface area contributed by atoms with Gasteiger partial charge in [0.15, 0.2) is 0 Å². The van der Waals surface area contributed by atoms with Crippen LogP contribution in [0.25, 0.3) is 11.1 Å². The fraction of sp³-hybridized carbons (Fsp3) is 0.412. The number of carboxylic acid groups (broad SMARTS) is 1. The number of halogens is 4. The van der Waals surface area contributed by atoms with Gasteiger partial charge in [-0.05, 0) is 92.6 Å². The monoisotopic (exact) mass is 642 g/mol. The summed E-state index contributed by atoms with van der Waals surface area (Å²) in [5.74, 6) is -0.211. The van der Waals surface area contributed by atoms with Gasteiger partial charge in [-0.2, -0.15) is 13.2 Å². The average molecular weight is 643 g/mol. The van der Waals surface area contributed by atoms with Gasteiger partial charge < -0.3 is 19.9 Å². The molecular formula is C34H38F4N4O4. The minimum atomic E-state index is -4.78. The number of likely N-dealkylation sites (N-methyl/N-ethyl adjacent to an activating group) is 1. The highest BCUT2D eigenvalue weighted by Crippen LogP contribution is 2.34. The Morgan fingerprint density at radius 1 is 1.17 bits per heavy atom. The van der Waals surface area contributed by atoms with Crippen molar-refractivity contribution < 1.29 is 32.3 Å². The number of aliphatic carboxylic acids is 1. The number of alkyl halides is 3. The Bertz CT molecular complexity index is 1710. The predicted octanol–water partition coefficient (Wildman–Crippen LogP) is 5.69. The van der Waals surface area contributed by atoms with Gasteiger partial charge in [0.25, 0.3) is 5.56 Å². The number of carbonyl (C=O) groups is 2. The number of aromatic nitrogens is 2. The normalized spacial score (nSPS) is 13.0. The predicted molar refractivity (Wildman–Crippen MR) is 167 cm³/mol. The van der Waals surface area contributed by atoms with Crippen LogP contribution in [0.3, 0.4) is 0 Å². The number of aryl methyl sites for hydroxylation is 1. The van der Waals surface area contributed by atoms with Crippen molar-refractivity contribution in [3.05, 3.63) is 86.3 Å². The Hall–Kier alpha value is -4.50. The lowest BCUT2D eigenvalue weighted by Crippen LogP contribution is -2.40. The number of nitrogens with one attached hydrogen (secondary N) is 1. The van der Waals surface area contributed by atoms with Gasteiger partial charge in [-0.25, -0.2) is 9.37 Å². The Morgan fingerprint density at radius 3 is 2.41 bits per heavy atom. The highest BCUT2D eigenvalue weighted by atomic mass is 19.4. The van der Waals surface area contributed by atoms with Crippen molar-refractivity contribution >= 4 is 11.9 Å². The Kier molecular flexibility index (Phi) is 11.5. The van der Waals surface area contributed by atoms with Crippen molar-refractivity contribution in [3.63, 3.8) is 0 Å². The maximum absolute atomic E-state index is 14.6. The SMILES string of the molecule is C#Cc1ncc(C(CC(=O)O)NC(=O)C(CC(C)C)n2cc(CCN(C)C)c(C(F)(F)F)cc2=O)cc1-c1c(C)ccc(F)c1C. The zero-order valence-corrected chi connectivity index (χ0v) is 26.6. The first-order chi connectivity index (χ1) is 21.4. The second-order valence-electron chi connectivity index (χ2n) is 12.0. The average Bonchev–Trinajstić information content (AvgIpc) is 2.96. The second kappa shape index (κ2) is 14.7. The molecule has 0 radical (unpaired) electrons. The van der Waals surface area contributed by atoms with Crippen molar-refractivity contribution in [2.75, 3.05) is 20.6 Å². The molecular weight excluding hydrogens is 604 g/mol. The molecule has 2 unspecified atom stereocenters. The summed E-state index contributed by atoms with van der Waals surface area (Å²) in [6.07, 6.45) is 2.75. The fourth-order valence-corrected chi connectivity index (χ4v) is 5.34. The van der Waals surface area contributed by atoms with E-state index in [-0.39, 0.29) is 42.1 Å². The summed E-state index contributed by atoms with van der Waals surface area (Å²) in [5, 5.41) is 12.4. The number of pyridine rings is 2. The van der Waals surface area contributed by atoms with E-state index in [9.17, 15) is 37.1 Å². The van der Waals surface area contributed by atoms with Gasteiger partial charge in [0, 0.05) is 30.6 Å². The number of terminal acetylenes is 1. The third kappa shape index (κ3) is 8.60. The van der Waals surface area contributed by atoms with Crippen LogP contribution in [-0.2, 0) is 22.2 Å². The van der Waals surface area contributed by atoms with E-state index in [1.165, 1.54) is 12.3 Å². The molecule has 46 heavy (non-hydrogen) atoms. The summed E-state index contributed by atoms with van der Waals surface area (Å²) in [6, 6.07) is 2.51. The first-order valence-electron chi connectivity index (χ1n) is 14.7. The molecule has 2 heterocycles. The number of hydrogen-bond acceptors (Lipinski definition) is 5. The highest BCUT2D eigenvalue weighted by molar-refractivity contribution is 5.82. The molecule has 2 N–H and O–H groups in total. The standard InChI is InChI=1S/C34H38F4N4O4/c1-8-27-24(32-20(4)9-10-26(35)21(32)5)14-23(17-39-27)28(16-31(44)45)40-33(46)29(13-19(2)3)42-18-22(11-12-41(6)7)25(15-30(42)43)34(36,37)38/h1,9-10,14-15,17-19,28-29H,11-13,16H2,2-7H3,(H,40,46)(H,44,45). The third-order valence-electron chi connectivity index (χ3n) is 7.65. The number of nitrogens with zero attached hydrogens (tertiary/aromatic N) is 3. The minimum absolute atomic E-state index is 0.0331.